The van der Waals surface area contributed by atoms with E-state index in [1.807, 2.05) is 6.92 Å². The lowest BCUT2D eigenvalue weighted by atomic mass is 9.97. The van der Waals surface area contributed by atoms with Crippen LogP contribution in [-0.2, 0) is 16.0 Å². The molecule has 0 bridgehead atoms. The molecule has 39 heavy (non-hydrogen) atoms. The van der Waals surface area contributed by atoms with Crippen LogP contribution in [0.25, 0.3) is 0 Å². The van der Waals surface area contributed by atoms with Crippen LogP contribution >= 0.6 is 7.26 Å². The second-order valence-corrected chi connectivity index (χ2v) is 14.4. The van der Waals surface area contributed by atoms with Gasteiger partial charge in [-0.1, -0.05) is 92.7 Å². The van der Waals surface area contributed by atoms with Crippen molar-refractivity contribution >= 4 is 29.1 Å². The van der Waals surface area contributed by atoms with Crippen LogP contribution < -0.4 is 15.9 Å². The lowest BCUT2D eigenvalue weighted by Crippen LogP contribution is -2.33. The monoisotopic (exact) mass is 537 g/mol. The van der Waals surface area contributed by atoms with Gasteiger partial charge in [0, 0.05) is 0 Å². The first-order valence-corrected chi connectivity index (χ1v) is 16.3. The van der Waals surface area contributed by atoms with Crippen molar-refractivity contribution in [1.29, 1.82) is 0 Å². The summed E-state index contributed by atoms with van der Waals surface area (Å²) in [4.78, 5) is 12.7. The third-order valence-electron chi connectivity index (χ3n) is 7.45. The maximum atomic E-state index is 12.7. The predicted octanol–water partition coefficient (Wildman–Crippen LogP) is 7.70. The number of hydrogen-bond donors (Lipinski definition) is 0. The van der Waals surface area contributed by atoms with E-state index in [9.17, 15) is 4.79 Å². The largest absolute Gasteiger partial charge is 0.465 e. The zero-order chi connectivity index (χ0) is 27.5. The molecule has 0 heterocycles. The average Bonchev–Trinajstić information content (AvgIpc) is 2.98. The molecular weight excluding hydrogens is 495 g/mol. The van der Waals surface area contributed by atoms with E-state index < -0.39 is 7.26 Å². The molecule has 0 saturated carbocycles. The van der Waals surface area contributed by atoms with Gasteiger partial charge in [0.25, 0.3) is 0 Å². The summed E-state index contributed by atoms with van der Waals surface area (Å²) >= 11 is 0. The molecule has 0 fully saturated rings. The van der Waals surface area contributed by atoms with Gasteiger partial charge in [-0.3, -0.25) is 4.79 Å². The maximum Gasteiger partial charge on any atom is 0.313 e. The minimum absolute atomic E-state index is 0.133. The Kier molecular flexibility index (Phi) is 10.5. The van der Waals surface area contributed by atoms with Crippen LogP contribution in [0.3, 0.4) is 0 Å². The number of hydrogen-bond acceptors (Lipinski definition) is 2. The third kappa shape index (κ3) is 7.46. The highest BCUT2D eigenvalue weighted by atomic mass is 31.2. The molecule has 0 amide bonds. The smallest absolute Gasteiger partial charge is 0.313 e. The van der Waals surface area contributed by atoms with Gasteiger partial charge in [0.05, 0.1) is 18.7 Å². The number of ether oxygens (including phenoxy) is 1. The van der Waals surface area contributed by atoms with Gasteiger partial charge in [0.1, 0.15) is 23.2 Å². The van der Waals surface area contributed by atoms with E-state index in [4.69, 9.17) is 4.74 Å². The van der Waals surface area contributed by atoms with Gasteiger partial charge in [-0.05, 0) is 86.1 Å². The van der Waals surface area contributed by atoms with Crippen LogP contribution in [0.2, 0.25) is 0 Å². The van der Waals surface area contributed by atoms with E-state index in [0.29, 0.717) is 12.5 Å². The molecule has 0 saturated heterocycles. The van der Waals surface area contributed by atoms with E-state index in [1.54, 1.807) is 0 Å². The van der Waals surface area contributed by atoms with Crippen molar-refractivity contribution in [3.63, 3.8) is 0 Å². The molecule has 0 aliphatic carbocycles. The van der Waals surface area contributed by atoms with Gasteiger partial charge < -0.3 is 4.74 Å². The Morgan fingerprint density at radius 2 is 1.13 bits per heavy atom. The Balaban J connectivity index is 1.37. The number of esters is 1. The maximum absolute atomic E-state index is 12.7. The molecule has 3 heteroatoms. The van der Waals surface area contributed by atoms with Crippen molar-refractivity contribution in [3.05, 3.63) is 126 Å². The molecular formula is C36H42O2P+. The summed E-state index contributed by atoms with van der Waals surface area (Å²) in [5.41, 5.74) is 2.34. The summed E-state index contributed by atoms with van der Waals surface area (Å²) in [7, 11) is -1.80. The second kappa shape index (κ2) is 14.2. The van der Waals surface area contributed by atoms with Crippen LogP contribution in [0, 0.1) is 5.92 Å². The summed E-state index contributed by atoms with van der Waals surface area (Å²) < 4.78 is 5.71. The van der Waals surface area contributed by atoms with Crippen molar-refractivity contribution < 1.29 is 9.53 Å². The van der Waals surface area contributed by atoms with Gasteiger partial charge in [-0.25, -0.2) is 0 Å². The molecule has 2 nitrogen and oxygen atoms in total. The minimum atomic E-state index is -1.80. The average molecular weight is 538 g/mol. The molecule has 0 spiro atoms. The highest BCUT2D eigenvalue weighted by Gasteiger charge is 2.44. The predicted molar refractivity (Wildman–Crippen MR) is 168 cm³/mol. The summed E-state index contributed by atoms with van der Waals surface area (Å²) in [6, 6.07) is 41.5. The van der Waals surface area contributed by atoms with Crippen molar-refractivity contribution in [3.8, 4) is 0 Å². The van der Waals surface area contributed by atoms with E-state index in [-0.39, 0.29) is 11.9 Å². The molecule has 1 atom stereocenters. The lowest BCUT2D eigenvalue weighted by molar-refractivity contribution is -0.145. The molecule has 1 unspecified atom stereocenters. The van der Waals surface area contributed by atoms with Crippen LogP contribution in [0.4, 0.5) is 0 Å². The number of carbonyl (C=O) groups is 1. The lowest BCUT2D eigenvalue weighted by Gasteiger charge is -2.27. The Morgan fingerprint density at radius 1 is 0.641 bits per heavy atom. The number of unbranched alkanes of at least 4 members (excludes halogenated alkanes) is 2. The van der Waals surface area contributed by atoms with Gasteiger partial charge >= 0.3 is 5.97 Å². The molecule has 0 aromatic heterocycles. The first-order chi connectivity index (χ1) is 19.0. The van der Waals surface area contributed by atoms with Crippen molar-refractivity contribution in [2.24, 2.45) is 5.92 Å². The van der Waals surface area contributed by atoms with E-state index in [0.717, 1.165) is 37.4 Å². The highest BCUT2D eigenvalue weighted by Crippen LogP contribution is 2.55. The molecule has 4 aromatic carbocycles. The van der Waals surface area contributed by atoms with Crippen molar-refractivity contribution in [2.45, 2.75) is 52.4 Å². The van der Waals surface area contributed by atoms with Crippen LogP contribution in [-0.4, -0.2) is 18.7 Å². The fourth-order valence-corrected chi connectivity index (χ4v) is 9.77. The second-order valence-electron chi connectivity index (χ2n) is 10.8. The normalized spacial score (nSPS) is 12.3. The van der Waals surface area contributed by atoms with Crippen molar-refractivity contribution in [1.82, 2.24) is 0 Å². The molecule has 0 aliphatic heterocycles. The topological polar surface area (TPSA) is 26.3 Å². The molecule has 4 aromatic rings. The zero-order valence-corrected chi connectivity index (χ0v) is 24.5. The Labute approximate surface area is 235 Å². The van der Waals surface area contributed by atoms with Crippen LogP contribution in [0.15, 0.2) is 115 Å². The fourth-order valence-electron chi connectivity index (χ4n) is 5.36. The minimum Gasteiger partial charge on any atom is -0.465 e. The summed E-state index contributed by atoms with van der Waals surface area (Å²) in [6.45, 7) is 6.86. The van der Waals surface area contributed by atoms with Gasteiger partial charge in [-0.2, -0.15) is 0 Å². The quantitative estimate of drug-likeness (QED) is 0.0993. The van der Waals surface area contributed by atoms with E-state index >= 15 is 0 Å². The van der Waals surface area contributed by atoms with E-state index in [1.165, 1.54) is 21.5 Å². The summed E-state index contributed by atoms with van der Waals surface area (Å²) in [5.74, 6) is 0.246. The molecule has 4 rings (SSSR count). The first kappa shape index (κ1) is 28.8. The Morgan fingerprint density at radius 3 is 1.59 bits per heavy atom. The molecule has 0 aliphatic rings. The Hall–Kier alpha value is -3.22. The molecule has 0 N–H and O–H groups in total. The molecule has 0 radical (unpaired) electrons. The van der Waals surface area contributed by atoms with Gasteiger partial charge in [0.2, 0.25) is 0 Å². The third-order valence-corrected chi connectivity index (χ3v) is 12.0. The SMILES string of the molecule is CC(C)Cc1ccc(C(C)C(=O)OCCCCC[P+](c2ccccc2)(c2ccccc2)c2ccccc2)cc1. The summed E-state index contributed by atoms with van der Waals surface area (Å²) in [5, 5.41) is 4.26. The van der Waals surface area contributed by atoms with E-state index in [2.05, 4.69) is 129 Å². The fraction of sp³-hybridized carbons (Fsp3) is 0.306. The number of carbonyl (C=O) groups excluding carboxylic acids is 1. The van der Waals surface area contributed by atoms with Crippen LogP contribution in [0.1, 0.15) is 57.1 Å². The van der Waals surface area contributed by atoms with Crippen LogP contribution in [0.5, 0.6) is 0 Å². The highest BCUT2D eigenvalue weighted by molar-refractivity contribution is 7.95. The number of rotatable bonds is 13. The standard InChI is InChI=1S/C36H42O2P/c1-29(2)28-31-22-24-32(25-23-31)30(3)36(37)38-26-14-7-15-27-39(33-16-8-4-9-17-33,34-18-10-5-11-19-34)35-20-12-6-13-21-35/h4-6,8-13,16-25,29-30H,7,14-15,26-28H2,1-3H3/q+1. The molecule has 202 valence electrons. The van der Waals surface area contributed by atoms with Gasteiger partial charge in [0.15, 0.2) is 0 Å². The van der Waals surface area contributed by atoms with Crippen molar-refractivity contribution in [2.75, 3.05) is 12.8 Å². The Bertz CT molecular complexity index is 1170. The summed E-state index contributed by atoms with van der Waals surface area (Å²) in [6.07, 6.45) is 5.14. The number of benzene rings is 4. The first-order valence-electron chi connectivity index (χ1n) is 14.3. The van der Waals surface area contributed by atoms with Gasteiger partial charge in [-0.15, -0.1) is 0 Å². The zero-order valence-electron chi connectivity index (χ0n) is 23.6.